The van der Waals surface area contributed by atoms with E-state index in [0.29, 0.717) is 28.3 Å². The summed E-state index contributed by atoms with van der Waals surface area (Å²) in [6.07, 6.45) is 2.12. The van der Waals surface area contributed by atoms with Crippen LogP contribution in [-0.4, -0.2) is 31.3 Å². The monoisotopic (exact) mass is 275 g/mol. The molecule has 0 spiro atoms. The van der Waals surface area contributed by atoms with Crippen molar-refractivity contribution in [2.24, 2.45) is 0 Å². The van der Waals surface area contributed by atoms with Gasteiger partial charge in [-0.3, -0.25) is 0 Å². The third-order valence-electron chi connectivity index (χ3n) is 2.67. The summed E-state index contributed by atoms with van der Waals surface area (Å²) in [6.45, 7) is 1.53. The summed E-state index contributed by atoms with van der Waals surface area (Å²) < 4.78 is 5.40. The van der Waals surface area contributed by atoms with Gasteiger partial charge < -0.3 is 15.4 Å². The highest BCUT2D eigenvalue weighted by molar-refractivity contribution is 6.37. The largest absolute Gasteiger partial charge is 0.379 e. The van der Waals surface area contributed by atoms with Crippen LogP contribution in [0, 0.1) is 0 Å². The van der Waals surface area contributed by atoms with Crippen LogP contribution in [0.15, 0.2) is 6.07 Å². The molecule has 0 amide bonds. The normalized spacial score (nSPS) is 20.1. The lowest BCUT2D eigenvalue weighted by atomic mass is 10.1. The molecule has 1 aromatic rings. The van der Waals surface area contributed by atoms with E-state index in [1.807, 2.05) is 0 Å². The molecule has 1 aliphatic rings. The zero-order valence-corrected chi connectivity index (χ0v) is 11.1. The summed E-state index contributed by atoms with van der Waals surface area (Å²) in [7, 11) is 1.77. The van der Waals surface area contributed by atoms with Crippen LogP contribution < -0.4 is 10.6 Å². The van der Waals surface area contributed by atoms with Gasteiger partial charge >= 0.3 is 0 Å². The van der Waals surface area contributed by atoms with Gasteiger partial charge in [-0.1, -0.05) is 23.2 Å². The standard InChI is InChI=1S/C11H15Cl2N3O/c1-14-10-8(12)5-9(13)11(16-10)15-7-3-2-4-17-6-7/h5,7H,2-4,6H2,1H3,(H2,14,15,16). The minimum Gasteiger partial charge on any atom is -0.379 e. The molecule has 1 saturated heterocycles. The molecule has 94 valence electrons. The second kappa shape index (κ2) is 5.76. The lowest BCUT2D eigenvalue weighted by Gasteiger charge is -2.24. The molecule has 17 heavy (non-hydrogen) atoms. The number of nitrogens with one attached hydrogen (secondary N) is 2. The third kappa shape index (κ3) is 3.15. The van der Waals surface area contributed by atoms with Crippen molar-refractivity contribution < 1.29 is 4.74 Å². The van der Waals surface area contributed by atoms with Gasteiger partial charge in [0.25, 0.3) is 0 Å². The summed E-state index contributed by atoms with van der Waals surface area (Å²) in [5, 5.41) is 7.26. The Morgan fingerprint density at radius 3 is 2.76 bits per heavy atom. The Morgan fingerprint density at radius 1 is 1.35 bits per heavy atom. The summed E-state index contributed by atoms with van der Waals surface area (Å²) >= 11 is 12.1. The summed E-state index contributed by atoms with van der Waals surface area (Å²) in [6, 6.07) is 1.95. The van der Waals surface area contributed by atoms with Crippen molar-refractivity contribution in [2.75, 3.05) is 30.9 Å². The van der Waals surface area contributed by atoms with Crippen LogP contribution in [0.1, 0.15) is 12.8 Å². The summed E-state index contributed by atoms with van der Waals surface area (Å²) in [5.41, 5.74) is 0. The van der Waals surface area contributed by atoms with E-state index in [1.165, 1.54) is 0 Å². The van der Waals surface area contributed by atoms with Gasteiger partial charge in [-0.2, -0.15) is 0 Å². The summed E-state index contributed by atoms with van der Waals surface area (Å²) in [4.78, 5) is 4.34. The first-order chi connectivity index (χ1) is 8.20. The number of halogens is 2. The molecular weight excluding hydrogens is 261 g/mol. The molecule has 1 fully saturated rings. The lowest BCUT2D eigenvalue weighted by Crippen LogP contribution is -2.30. The number of hydrogen-bond acceptors (Lipinski definition) is 4. The molecule has 1 unspecified atom stereocenters. The van der Waals surface area contributed by atoms with Crippen LogP contribution in [0.2, 0.25) is 10.0 Å². The molecule has 1 aliphatic heterocycles. The minimum atomic E-state index is 0.264. The molecule has 0 aromatic carbocycles. The Bertz CT molecular complexity index is 395. The quantitative estimate of drug-likeness (QED) is 0.890. The molecule has 0 bridgehead atoms. The number of rotatable bonds is 3. The van der Waals surface area contributed by atoms with E-state index in [1.54, 1.807) is 13.1 Å². The molecule has 2 rings (SSSR count). The Labute approximate surface area is 111 Å². The van der Waals surface area contributed by atoms with Crippen molar-refractivity contribution in [1.29, 1.82) is 0 Å². The third-order valence-corrected chi connectivity index (χ3v) is 3.24. The van der Waals surface area contributed by atoms with Crippen molar-refractivity contribution in [2.45, 2.75) is 18.9 Å². The van der Waals surface area contributed by atoms with Gasteiger partial charge in [-0.15, -0.1) is 0 Å². The van der Waals surface area contributed by atoms with Crippen LogP contribution in [0.5, 0.6) is 0 Å². The van der Waals surface area contributed by atoms with E-state index in [-0.39, 0.29) is 6.04 Å². The van der Waals surface area contributed by atoms with Gasteiger partial charge in [0.15, 0.2) is 0 Å². The van der Waals surface area contributed by atoms with Gasteiger partial charge in [-0.25, -0.2) is 4.98 Å². The molecule has 2 heterocycles. The average Bonchev–Trinajstić information content (AvgIpc) is 2.34. The molecule has 1 aromatic heterocycles. The predicted octanol–water partition coefficient (Wildman–Crippen LogP) is 3.02. The fourth-order valence-electron chi connectivity index (χ4n) is 1.79. The van der Waals surface area contributed by atoms with Gasteiger partial charge in [0.1, 0.15) is 11.6 Å². The molecule has 4 nitrogen and oxygen atoms in total. The van der Waals surface area contributed by atoms with Crippen LogP contribution in [0.4, 0.5) is 11.6 Å². The van der Waals surface area contributed by atoms with Crippen LogP contribution in [0.25, 0.3) is 0 Å². The number of aromatic nitrogens is 1. The number of pyridine rings is 1. The molecule has 2 N–H and O–H groups in total. The van der Waals surface area contributed by atoms with Crippen LogP contribution >= 0.6 is 23.2 Å². The molecule has 6 heteroatoms. The highest BCUT2D eigenvalue weighted by Crippen LogP contribution is 2.29. The minimum absolute atomic E-state index is 0.264. The summed E-state index contributed by atoms with van der Waals surface area (Å²) in [5.74, 6) is 1.27. The Kier molecular flexibility index (Phi) is 4.31. The van der Waals surface area contributed by atoms with Gasteiger partial charge in [0, 0.05) is 13.7 Å². The Balaban J connectivity index is 2.13. The number of anilines is 2. The van der Waals surface area contributed by atoms with Gasteiger partial charge in [0.05, 0.1) is 22.7 Å². The average molecular weight is 276 g/mol. The van der Waals surface area contributed by atoms with E-state index in [0.717, 1.165) is 19.4 Å². The maximum absolute atomic E-state index is 6.10. The fraction of sp³-hybridized carbons (Fsp3) is 0.545. The molecule has 0 radical (unpaired) electrons. The predicted molar refractivity (Wildman–Crippen MR) is 71.3 cm³/mol. The topological polar surface area (TPSA) is 46.2 Å². The van der Waals surface area contributed by atoms with E-state index in [2.05, 4.69) is 15.6 Å². The number of nitrogens with zero attached hydrogens (tertiary/aromatic N) is 1. The first-order valence-electron chi connectivity index (χ1n) is 5.59. The van der Waals surface area contributed by atoms with Crippen LogP contribution in [-0.2, 0) is 4.74 Å². The second-order valence-electron chi connectivity index (χ2n) is 3.96. The van der Waals surface area contributed by atoms with Crippen molar-refractivity contribution in [3.8, 4) is 0 Å². The number of ether oxygens (including phenoxy) is 1. The van der Waals surface area contributed by atoms with E-state index in [9.17, 15) is 0 Å². The van der Waals surface area contributed by atoms with Gasteiger partial charge in [0.2, 0.25) is 0 Å². The highest BCUT2D eigenvalue weighted by Gasteiger charge is 2.16. The maximum Gasteiger partial charge on any atom is 0.147 e. The Hall–Kier alpha value is -0.710. The van der Waals surface area contributed by atoms with Crippen LogP contribution in [0.3, 0.4) is 0 Å². The molecular formula is C11H15Cl2N3O. The first-order valence-corrected chi connectivity index (χ1v) is 6.34. The van der Waals surface area contributed by atoms with Crippen molar-refractivity contribution in [1.82, 2.24) is 4.98 Å². The lowest BCUT2D eigenvalue weighted by molar-refractivity contribution is 0.0875. The number of hydrogen-bond donors (Lipinski definition) is 2. The van der Waals surface area contributed by atoms with Crippen molar-refractivity contribution in [3.63, 3.8) is 0 Å². The van der Waals surface area contributed by atoms with E-state index < -0.39 is 0 Å². The second-order valence-corrected chi connectivity index (χ2v) is 4.77. The maximum atomic E-state index is 6.10. The van der Waals surface area contributed by atoms with Crippen molar-refractivity contribution >= 4 is 34.8 Å². The molecule has 0 saturated carbocycles. The molecule has 1 atom stereocenters. The zero-order chi connectivity index (χ0) is 12.3. The Morgan fingerprint density at radius 2 is 2.12 bits per heavy atom. The zero-order valence-electron chi connectivity index (χ0n) is 9.59. The van der Waals surface area contributed by atoms with E-state index in [4.69, 9.17) is 27.9 Å². The van der Waals surface area contributed by atoms with Crippen molar-refractivity contribution in [3.05, 3.63) is 16.1 Å². The SMILES string of the molecule is CNc1nc(NC2CCCOC2)c(Cl)cc1Cl. The smallest absolute Gasteiger partial charge is 0.147 e. The molecule has 0 aliphatic carbocycles. The first kappa shape index (κ1) is 12.7. The highest BCUT2D eigenvalue weighted by atomic mass is 35.5. The fourth-order valence-corrected chi connectivity index (χ4v) is 2.30. The van der Waals surface area contributed by atoms with E-state index >= 15 is 0 Å². The van der Waals surface area contributed by atoms with Gasteiger partial charge in [-0.05, 0) is 18.9 Å².